The minimum atomic E-state index is -0.292. The summed E-state index contributed by atoms with van der Waals surface area (Å²) >= 11 is 5.84. The van der Waals surface area contributed by atoms with Crippen LogP contribution in [0.1, 0.15) is 5.56 Å². The second kappa shape index (κ2) is 7.20. The van der Waals surface area contributed by atoms with Crippen LogP contribution in [0.5, 0.6) is 0 Å². The number of hydrogen-bond acceptors (Lipinski definition) is 1. The van der Waals surface area contributed by atoms with E-state index in [2.05, 4.69) is 29.7 Å². The van der Waals surface area contributed by atoms with Gasteiger partial charge in [0.25, 0.3) is 0 Å². The van der Waals surface area contributed by atoms with Crippen molar-refractivity contribution in [1.29, 1.82) is 0 Å². The molecular weight excluding hydrogens is 320 g/mol. The van der Waals surface area contributed by atoms with E-state index in [-0.39, 0.29) is 6.03 Å². The van der Waals surface area contributed by atoms with Crippen molar-refractivity contribution in [1.82, 2.24) is 0 Å². The molecule has 3 rings (SSSR count). The van der Waals surface area contributed by atoms with Gasteiger partial charge in [0.05, 0.1) is 0 Å². The average molecular weight is 337 g/mol. The quantitative estimate of drug-likeness (QED) is 0.608. The van der Waals surface area contributed by atoms with E-state index in [1.807, 2.05) is 36.4 Å². The van der Waals surface area contributed by atoms with Crippen LogP contribution in [0.4, 0.5) is 16.2 Å². The lowest BCUT2D eigenvalue weighted by molar-refractivity contribution is 0.262. The van der Waals surface area contributed by atoms with E-state index in [0.717, 1.165) is 16.8 Å². The normalized spacial score (nSPS) is 10.2. The highest BCUT2D eigenvalue weighted by atomic mass is 35.5. The lowest BCUT2D eigenvalue weighted by Gasteiger charge is -2.10. The lowest BCUT2D eigenvalue weighted by atomic mass is 10.0. The van der Waals surface area contributed by atoms with Gasteiger partial charge in [-0.25, -0.2) is 4.79 Å². The van der Waals surface area contributed by atoms with Crippen molar-refractivity contribution in [3.63, 3.8) is 0 Å². The largest absolute Gasteiger partial charge is 0.323 e. The Hall–Kier alpha value is -2.78. The molecule has 0 atom stereocenters. The summed E-state index contributed by atoms with van der Waals surface area (Å²) in [6.45, 7) is 2.07. The minimum absolute atomic E-state index is 0.292. The molecule has 0 aromatic heterocycles. The molecule has 0 unspecified atom stereocenters. The molecule has 0 aliphatic heterocycles. The van der Waals surface area contributed by atoms with Crippen LogP contribution in [0.3, 0.4) is 0 Å². The maximum absolute atomic E-state index is 12.1. The topological polar surface area (TPSA) is 41.1 Å². The van der Waals surface area contributed by atoms with Crippen molar-refractivity contribution >= 4 is 29.0 Å². The molecule has 3 nitrogen and oxygen atoms in total. The Labute approximate surface area is 146 Å². The first-order valence-electron chi connectivity index (χ1n) is 7.61. The molecule has 0 saturated carbocycles. The number of anilines is 2. The maximum Gasteiger partial charge on any atom is 0.323 e. The van der Waals surface area contributed by atoms with Gasteiger partial charge in [0.2, 0.25) is 0 Å². The van der Waals surface area contributed by atoms with Gasteiger partial charge >= 0.3 is 6.03 Å². The van der Waals surface area contributed by atoms with Gasteiger partial charge in [0.15, 0.2) is 0 Å². The van der Waals surface area contributed by atoms with E-state index in [4.69, 9.17) is 11.6 Å². The number of carbonyl (C=O) groups excluding carboxylic acids is 1. The average Bonchev–Trinajstić information content (AvgIpc) is 2.57. The molecule has 3 aromatic carbocycles. The number of aryl methyl sites for hydroxylation is 1. The van der Waals surface area contributed by atoms with Crippen molar-refractivity contribution in [2.45, 2.75) is 6.92 Å². The van der Waals surface area contributed by atoms with Gasteiger partial charge < -0.3 is 10.6 Å². The Morgan fingerprint density at radius 1 is 0.833 bits per heavy atom. The minimum Gasteiger partial charge on any atom is -0.308 e. The van der Waals surface area contributed by atoms with Gasteiger partial charge in [-0.15, -0.1) is 0 Å². The number of halogens is 1. The van der Waals surface area contributed by atoms with Crippen LogP contribution >= 0.6 is 11.6 Å². The summed E-state index contributed by atoms with van der Waals surface area (Å²) in [6, 6.07) is 22.6. The first-order valence-corrected chi connectivity index (χ1v) is 7.99. The molecule has 120 valence electrons. The Morgan fingerprint density at radius 2 is 1.54 bits per heavy atom. The van der Waals surface area contributed by atoms with Crippen molar-refractivity contribution in [3.05, 3.63) is 83.4 Å². The molecule has 0 heterocycles. The summed E-state index contributed by atoms with van der Waals surface area (Å²) in [5.41, 5.74) is 4.84. The van der Waals surface area contributed by atoms with E-state index in [0.29, 0.717) is 10.7 Å². The Bertz CT molecular complexity index is 860. The summed E-state index contributed by atoms with van der Waals surface area (Å²) in [4.78, 5) is 12.1. The molecular formula is C20H17ClN2O. The number of benzene rings is 3. The van der Waals surface area contributed by atoms with E-state index in [9.17, 15) is 4.79 Å². The van der Waals surface area contributed by atoms with Gasteiger partial charge in [-0.3, -0.25) is 0 Å². The molecule has 0 saturated heterocycles. The number of nitrogens with one attached hydrogen (secondary N) is 2. The molecule has 0 bridgehead atoms. The first kappa shape index (κ1) is 16.1. The number of amides is 2. The number of hydrogen-bond donors (Lipinski definition) is 2. The molecule has 0 fully saturated rings. The molecule has 2 amide bonds. The SMILES string of the molecule is Cc1ccccc1-c1cccc(NC(=O)Nc2ccc(Cl)cc2)c1. The van der Waals surface area contributed by atoms with Gasteiger partial charge in [0, 0.05) is 16.4 Å². The van der Waals surface area contributed by atoms with Crippen molar-refractivity contribution in [3.8, 4) is 11.1 Å². The fourth-order valence-electron chi connectivity index (χ4n) is 2.49. The molecule has 0 aliphatic rings. The zero-order chi connectivity index (χ0) is 16.9. The smallest absolute Gasteiger partial charge is 0.308 e. The van der Waals surface area contributed by atoms with Crippen LogP contribution in [0, 0.1) is 6.92 Å². The second-order valence-electron chi connectivity index (χ2n) is 5.48. The van der Waals surface area contributed by atoms with Gasteiger partial charge in [0.1, 0.15) is 0 Å². The monoisotopic (exact) mass is 336 g/mol. The fraction of sp³-hybridized carbons (Fsp3) is 0.0500. The van der Waals surface area contributed by atoms with Crippen molar-refractivity contribution in [2.75, 3.05) is 10.6 Å². The van der Waals surface area contributed by atoms with Crippen LogP contribution in [-0.4, -0.2) is 6.03 Å². The van der Waals surface area contributed by atoms with Gasteiger partial charge in [-0.1, -0.05) is 48.0 Å². The summed E-state index contributed by atoms with van der Waals surface area (Å²) in [7, 11) is 0. The van der Waals surface area contributed by atoms with Crippen molar-refractivity contribution in [2.24, 2.45) is 0 Å². The van der Waals surface area contributed by atoms with Crippen molar-refractivity contribution < 1.29 is 4.79 Å². The van der Waals surface area contributed by atoms with E-state index in [1.54, 1.807) is 24.3 Å². The molecule has 2 N–H and O–H groups in total. The summed E-state index contributed by atoms with van der Waals surface area (Å²) in [5.74, 6) is 0. The van der Waals surface area contributed by atoms with E-state index < -0.39 is 0 Å². The molecule has 4 heteroatoms. The molecule has 0 radical (unpaired) electrons. The Balaban J connectivity index is 1.74. The second-order valence-corrected chi connectivity index (χ2v) is 5.92. The summed E-state index contributed by atoms with van der Waals surface area (Å²) < 4.78 is 0. The number of rotatable bonds is 3. The van der Waals surface area contributed by atoms with Crippen LogP contribution < -0.4 is 10.6 Å². The van der Waals surface area contributed by atoms with Crippen LogP contribution in [0.15, 0.2) is 72.8 Å². The van der Waals surface area contributed by atoms with Gasteiger partial charge in [-0.05, 0) is 60.0 Å². The Kier molecular flexibility index (Phi) is 4.82. The third kappa shape index (κ3) is 3.94. The zero-order valence-corrected chi connectivity index (χ0v) is 14.0. The highest BCUT2D eigenvalue weighted by Crippen LogP contribution is 2.25. The lowest BCUT2D eigenvalue weighted by Crippen LogP contribution is -2.19. The van der Waals surface area contributed by atoms with Gasteiger partial charge in [-0.2, -0.15) is 0 Å². The van der Waals surface area contributed by atoms with E-state index >= 15 is 0 Å². The van der Waals surface area contributed by atoms with Crippen LogP contribution in [-0.2, 0) is 0 Å². The standard InChI is InChI=1S/C20H17ClN2O/c1-14-5-2-3-8-19(14)15-6-4-7-18(13-15)23-20(24)22-17-11-9-16(21)10-12-17/h2-13H,1H3,(H2,22,23,24). The van der Waals surface area contributed by atoms with Crippen LogP contribution in [0.2, 0.25) is 5.02 Å². The summed E-state index contributed by atoms with van der Waals surface area (Å²) in [5, 5.41) is 6.26. The third-order valence-electron chi connectivity index (χ3n) is 3.68. The predicted octanol–water partition coefficient (Wildman–Crippen LogP) is 5.96. The highest BCUT2D eigenvalue weighted by molar-refractivity contribution is 6.30. The molecule has 0 spiro atoms. The predicted molar refractivity (Wildman–Crippen MR) is 101 cm³/mol. The third-order valence-corrected chi connectivity index (χ3v) is 3.93. The number of carbonyl (C=O) groups is 1. The molecule has 3 aromatic rings. The summed E-state index contributed by atoms with van der Waals surface area (Å²) in [6.07, 6.45) is 0. The van der Waals surface area contributed by atoms with Crippen LogP contribution in [0.25, 0.3) is 11.1 Å². The Morgan fingerprint density at radius 3 is 2.29 bits per heavy atom. The first-order chi connectivity index (χ1) is 11.6. The highest BCUT2D eigenvalue weighted by Gasteiger charge is 2.05. The molecule has 24 heavy (non-hydrogen) atoms. The zero-order valence-electron chi connectivity index (χ0n) is 13.2. The molecule has 0 aliphatic carbocycles. The fourth-order valence-corrected chi connectivity index (χ4v) is 2.61. The number of urea groups is 1. The maximum atomic E-state index is 12.1. The van der Waals surface area contributed by atoms with E-state index in [1.165, 1.54) is 5.56 Å².